The van der Waals surface area contributed by atoms with Crippen molar-refractivity contribution in [2.75, 3.05) is 61.5 Å². The molecule has 1 unspecified atom stereocenters. The number of hydrogen-bond acceptors (Lipinski definition) is 7. The number of anilines is 3. The molecule has 2 amide bonds. The van der Waals surface area contributed by atoms with Crippen LogP contribution in [0.4, 0.5) is 21.5 Å². The van der Waals surface area contributed by atoms with Crippen LogP contribution in [0.1, 0.15) is 25.7 Å². The number of piperazine rings is 1. The molecule has 198 valence electrons. The van der Waals surface area contributed by atoms with Gasteiger partial charge in [-0.05, 0) is 43.5 Å². The van der Waals surface area contributed by atoms with E-state index in [0.717, 1.165) is 56.6 Å². The zero-order valence-corrected chi connectivity index (χ0v) is 22.6. The topological polar surface area (TPSA) is 77.2 Å². The van der Waals surface area contributed by atoms with Crippen LogP contribution in [0.3, 0.4) is 0 Å². The molecule has 0 aliphatic carbocycles. The highest BCUT2D eigenvalue weighted by atomic mass is 79.9. The number of ether oxygens (including phenoxy) is 1. The van der Waals surface area contributed by atoms with Crippen molar-refractivity contribution < 1.29 is 18.7 Å². The first-order valence-electron chi connectivity index (χ1n) is 12.9. The quantitative estimate of drug-likeness (QED) is 0.511. The average molecular weight is 574 g/mol. The number of nitrogens with one attached hydrogen (secondary N) is 2. The third kappa shape index (κ3) is 5.85. The van der Waals surface area contributed by atoms with Gasteiger partial charge in [0, 0.05) is 74.0 Å². The summed E-state index contributed by atoms with van der Waals surface area (Å²) < 4.78 is 21.9. The Morgan fingerprint density at radius 2 is 1.68 bits per heavy atom. The summed E-state index contributed by atoms with van der Waals surface area (Å²) >= 11 is 3.50. The van der Waals surface area contributed by atoms with Gasteiger partial charge in [0.15, 0.2) is 0 Å². The maximum atomic E-state index is 15.2. The summed E-state index contributed by atoms with van der Waals surface area (Å²) in [5, 5.41) is 5.37. The van der Waals surface area contributed by atoms with Gasteiger partial charge in [-0.15, -0.1) is 0 Å². The zero-order valence-electron chi connectivity index (χ0n) is 21.0. The van der Waals surface area contributed by atoms with Crippen molar-refractivity contribution in [3.05, 3.63) is 46.7 Å². The minimum absolute atomic E-state index is 0.251. The van der Waals surface area contributed by atoms with Crippen molar-refractivity contribution >= 4 is 44.8 Å². The Kier molecular flexibility index (Phi) is 7.85. The van der Waals surface area contributed by atoms with E-state index in [9.17, 15) is 9.59 Å². The highest BCUT2D eigenvalue weighted by Gasteiger charge is 2.30. The number of carbonyl (C=O) groups is 2. The Bertz CT molecular complexity index is 1130. The first-order valence-corrected chi connectivity index (χ1v) is 13.7. The first-order chi connectivity index (χ1) is 17.9. The second kappa shape index (κ2) is 11.3. The molecule has 2 aromatic rings. The number of imide groups is 1. The van der Waals surface area contributed by atoms with Crippen molar-refractivity contribution in [2.24, 2.45) is 0 Å². The number of nitrogens with zero attached hydrogens (tertiary/aromatic N) is 3. The first kappa shape index (κ1) is 25.8. The summed E-state index contributed by atoms with van der Waals surface area (Å²) in [4.78, 5) is 30.6. The highest BCUT2D eigenvalue weighted by molar-refractivity contribution is 9.10. The maximum Gasteiger partial charge on any atom is 0.249 e. The molecule has 3 saturated heterocycles. The van der Waals surface area contributed by atoms with Gasteiger partial charge in [-0.25, -0.2) is 4.39 Å². The fourth-order valence-corrected chi connectivity index (χ4v) is 5.82. The van der Waals surface area contributed by atoms with E-state index < -0.39 is 11.9 Å². The lowest BCUT2D eigenvalue weighted by Gasteiger charge is -2.44. The Hall–Kier alpha value is -2.85. The van der Waals surface area contributed by atoms with Crippen molar-refractivity contribution in [3.8, 4) is 5.75 Å². The van der Waals surface area contributed by atoms with Gasteiger partial charge in [-0.1, -0.05) is 15.9 Å². The predicted molar refractivity (Wildman–Crippen MR) is 146 cm³/mol. The second-order valence-corrected chi connectivity index (χ2v) is 10.8. The van der Waals surface area contributed by atoms with Crippen LogP contribution >= 0.6 is 15.9 Å². The smallest absolute Gasteiger partial charge is 0.249 e. The maximum absolute atomic E-state index is 15.2. The van der Waals surface area contributed by atoms with Crippen LogP contribution in [-0.4, -0.2) is 75.2 Å². The van der Waals surface area contributed by atoms with Gasteiger partial charge in [0.1, 0.15) is 17.6 Å². The van der Waals surface area contributed by atoms with Crippen LogP contribution in [0, 0.1) is 5.82 Å². The minimum atomic E-state index is -0.600. The Balaban J connectivity index is 1.17. The normalized spacial score (nSPS) is 21.6. The largest absolute Gasteiger partial charge is 0.495 e. The van der Waals surface area contributed by atoms with Crippen LogP contribution in [-0.2, 0) is 9.59 Å². The molecule has 10 heteroatoms. The summed E-state index contributed by atoms with van der Waals surface area (Å²) in [6, 6.07) is 11.5. The predicted octanol–water partition coefficient (Wildman–Crippen LogP) is 3.60. The lowest BCUT2D eigenvalue weighted by atomic mass is 10.0. The van der Waals surface area contributed by atoms with Gasteiger partial charge in [0.25, 0.3) is 0 Å². The number of methoxy groups -OCH3 is 1. The zero-order chi connectivity index (χ0) is 25.9. The van der Waals surface area contributed by atoms with E-state index in [-0.39, 0.29) is 18.1 Å². The average Bonchev–Trinajstić information content (AvgIpc) is 2.91. The lowest BCUT2D eigenvalue weighted by molar-refractivity contribution is -0.133. The van der Waals surface area contributed by atoms with Gasteiger partial charge >= 0.3 is 0 Å². The summed E-state index contributed by atoms with van der Waals surface area (Å²) in [6.07, 6.45) is 2.58. The molecular formula is C27H33BrFN5O3. The fourth-order valence-electron chi connectivity index (χ4n) is 5.55. The summed E-state index contributed by atoms with van der Waals surface area (Å²) in [5.74, 6) is -0.557. The molecule has 0 radical (unpaired) electrons. The van der Waals surface area contributed by atoms with Crippen molar-refractivity contribution in [3.63, 3.8) is 0 Å². The van der Waals surface area contributed by atoms with Gasteiger partial charge in [-0.3, -0.25) is 19.8 Å². The van der Waals surface area contributed by atoms with Crippen molar-refractivity contribution in [1.29, 1.82) is 0 Å². The summed E-state index contributed by atoms with van der Waals surface area (Å²) in [6.45, 7) is 5.63. The molecule has 37 heavy (non-hydrogen) atoms. The van der Waals surface area contributed by atoms with Gasteiger partial charge in [0.2, 0.25) is 11.8 Å². The van der Waals surface area contributed by atoms with Gasteiger partial charge in [-0.2, -0.15) is 0 Å². The van der Waals surface area contributed by atoms with Crippen molar-refractivity contribution in [2.45, 2.75) is 37.8 Å². The number of piperidine rings is 2. The number of rotatable bonds is 6. The molecule has 2 aromatic carbocycles. The molecule has 0 aromatic heterocycles. The molecule has 5 rings (SSSR count). The third-order valence-corrected chi connectivity index (χ3v) is 8.19. The Labute approximate surface area is 225 Å². The SMILES string of the molecule is COc1cc(N2CCC(N3CCN(c4ccc(Br)cc4)CC3)CC2)c(F)cc1NC1CCC(=O)NC1=O. The van der Waals surface area contributed by atoms with Crippen LogP contribution in [0.2, 0.25) is 0 Å². The summed E-state index contributed by atoms with van der Waals surface area (Å²) in [5.41, 5.74) is 2.19. The van der Waals surface area contributed by atoms with Crippen LogP contribution in [0.5, 0.6) is 5.75 Å². The molecule has 1 atom stereocenters. The number of benzene rings is 2. The molecule has 0 spiro atoms. The van der Waals surface area contributed by atoms with Crippen LogP contribution < -0.4 is 25.2 Å². The molecular weight excluding hydrogens is 541 g/mol. The molecule has 3 aliphatic heterocycles. The fraction of sp³-hybridized carbons (Fsp3) is 0.481. The lowest BCUT2D eigenvalue weighted by Crippen LogP contribution is -2.53. The van der Waals surface area contributed by atoms with E-state index in [2.05, 4.69) is 65.5 Å². The Morgan fingerprint density at radius 3 is 2.32 bits per heavy atom. The second-order valence-electron chi connectivity index (χ2n) is 9.87. The highest BCUT2D eigenvalue weighted by Crippen LogP contribution is 2.35. The number of amides is 2. The molecule has 3 fully saturated rings. The van der Waals surface area contributed by atoms with E-state index in [1.165, 1.54) is 18.9 Å². The van der Waals surface area contributed by atoms with Crippen LogP contribution in [0.15, 0.2) is 40.9 Å². The molecule has 0 saturated carbocycles. The molecule has 8 nitrogen and oxygen atoms in total. The summed E-state index contributed by atoms with van der Waals surface area (Å²) in [7, 11) is 1.53. The Morgan fingerprint density at radius 1 is 0.973 bits per heavy atom. The monoisotopic (exact) mass is 573 g/mol. The molecule has 3 heterocycles. The van der Waals surface area contributed by atoms with Gasteiger partial charge in [0.05, 0.1) is 18.5 Å². The van der Waals surface area contributed by atoms with E-state index in [4.69, 9.17) is 4.74 Å². The number of hydrogen-bond donors (Lipinski definition) is 2. The molecule has 2 N–H and O–H groups in total. The van der Waals surface area contributed by atoms with E-state index in [1.807, 2.05) is 0 Å². The number of halogens is 2. The number of carbonyl (C=O) groups excluding carboxylic acids is 2. The molecule has 0 bridgehead atoms. The van der Waals surface area contributed by atoms with Crippen LogP contribution in [0.25, 0.3) is 0 Å². The standard InChI is InChI=1S/C27H33BrFN5O3/c1-37-25-17-24(21(29)16-23(25)30-22-6-7-26(35)31-27(22)36)34-10-8-20(9-11-34)33-14-12-32(13-15-33)19-4-2-18(28)3-5-19/h2-5,16-17,20,22,30H,6-15H2,1H3,(H,31,35,36). The third-order valence-electron chi connectivity index (χ3n) is 7.67. The van der Waals surface area contributed by atoms with E-state index in [0.29, 0.717) is 29.6 Å². The van der Waals surface area contributed by atoms with Gasteiger partial charge < -0.3 is 19.9 Å². The molecule has 3 aliphatic rings. The van der Waals surface area contributed by atoms with E-state index >= 15 is 4.39 Å². The van der Waals surface area contributed by atoms with Crippen molar-refractivity contribution in [1.82, 2.24) is 10.2 Å². The minimum Gasteiger partial charge on any atom is -0.495 e. The van der Waals surface area contributed by atoms with E-state index in [1.54, 1.807) is 6.07 Å².